The van der Waals surface area contributed by atoms with Crippen LogP contribution >= 0.6 is 0 Å². The molecule has 1 aromatic heterocycles. The number of hydrogen-bond acceptors (Lipinski definition) is 4. The molecule has 1 aromatic carbocycles. The first-order valence-electron chi connectivity index (χ1n) is 4.65. The Morgan fingerprint density at radius 3 is 3.00 bits per heavy atom. The molecule has 0 aliphatic rings. The van der Waals surface area contributed by atoms with Crippen molar-refractivity contribution in [3.8, 4) is 0 Å². The predicted molar refractivity (Wildman–Crippen MR) is 55.3 cm³/mol. The van der Waals surface area contributed by atoms with E-state index in [0.717, 1.165) is 16.6 Å². The summed E-state index contributed by atoms with van der Waals surface area (Å²) in [5, 5.41) is 0. The zero-order chi connectivity index (χ0) is 10.5. The highest BCUT2D eigenvalue weighted by Gasteiger charge is 2.01. The minimum Gasteiger partial charge on any atom is -0.468 e. The molecule has 0 unspecified atom stereocenters. The lowest BCUT2D eigenvalue weighted by Gasteiger charge is -2.03. The molecule has 1 heterocycles. The van der Waals surface area contributed by atoms with Gasteiger partial charge in [0.05, 0.1) is 17.6 Å². The minimum absolute atomic E-state index is 0.374. The molecule has 2 aromatic rings. The van der Waals surface area contributed by atoms with Crippen molar-refractivity contribution in [3.05, 3.63) is 36.2 Å². The van der Waals surface area contributed by atoms with Gasteiger partial charge in [0.15, 0.2) is 0 Å². The van der Waals surface area contributed by atoms with Crippen LogP contribution < -0.4 is 0 Å². The second kappa shape index (κ2) is 4.50. The Kier molecular flexibility index (Phi) is 2.88. The number of carbonyl (C=O) groups excluding carboxylic acids is 1. The van der Waals surface area contributed by atoms with E-state index in [1.165, 1.54) is 0 Å². The standard InChI is InChI=1S/C11H10N2O2/c14-8-15-7-4-9-2-1-3-10-11(9)13-6-5-12-10/h1-3,5-6,8H,4,7H2. The van der Waals surface area contributed by atoms with E-state index in [4.69, 9.17) is 0 Å². The van der Waals surface area contributed by atoms with Crippen molar-refractivity contribution < 1.29 is 9.53 Å². The van der Waals surface area contributed by atoms with Gasteiger partial charge in [0.25, 0.3) is 6.47 Å². The first-order valence-corrected chi connectivity index (χ1v) is 4.65. The van der Waals surface area contributed by atoms with Crippen molar-refractivity contribution in [1.29, 1.82) is 0 Å². The van der Waals surface area contributed by atoms with Crippen LogP contribution in [0, 0.1) is 0 Å². The number of fused-ring (bicyclic) bond motifs is 1. The monoisotopic (exact) mass is 202 g/mol. The van der Waals surface area contributed by atoms with Gasteiger partial charge in [-0.15, -0.1) is 0 Å². The lowest BCUT2D eigenvalue weighted by Crippen LogP contribution is -1.98. The maximum atomic E-state index is 10.0. The summed E-state index contributed by atoms with van der Waals surface area (Å²) in [4.78, 5) is 18.5. The van der Waals surface area contributed by atoms with Gasteiger partial charge in [-0.2, -0.15) is 0 Å². The Labute approximate surface area is 86.9 Å². The molecule has 15 heavy (non-hydrogen) atoms. The summed E-state index contributed by atoms with van der Waals surface area (Å²) >= 11 is 0. The molecule has 0 aliphatic carbocycles. The number of rotatable bonds is 4. The highest BCUT2D eigenvalue weighted by atomic mass is 16.5. The molecule has 0 spiro atoms. The van der Waals surface area contributed by atoms with Crippen LogP contribution in [0.25, 0.3) is 11.0 Å². The molecule has 4 heteroatoms. The van der Waals surface area contributed by atoms with E-state index in [9.17, 15) is 4.79 Å². The Morgan fingerprint density at radius 2 is 2.13 bits per heavy atom. The van der Waals surface area contributed by atoms with Crippen LogP contribution in [0.4, 0.5) is 0 Å². The van der Waals surface area contributed by atoms with Gasteiger partial charge in [-0.3, -0.25) is 14.8 Å². The van der Waals surface area contributed by atoms with E-state index in [2.05, 4.69) is 14.7 Å². The van der Waals surface area contributed by atoms with E-state index in [1.807, 2.05) is 18.2 Å². The van der Waals surface area contributed by atoms with Crippen LogP contribution in [0.3, 0.4) is 0 Å². The fourth-order valence-electron chi connectivity index (χ4n) is 1.47. The summed E-state index contributed by atoms with van der Waals surface area (Å²) in [6.45, 7) is 0.829. The zero-order valence-corrected chi connectivity index (χ0v) is 8.09. The van der Waals surface area contributed by atoms with Crippen LogP contribution in [0.15, 0.2) is 30.6 Å². The van der Waals surface area contributed by atoms with Gasteiger partial charge in [-0.25, -0.2) is 0 Å². The Hall–Kier alpha value is -1.97. The highest BCUT2D eigenvalue weighted by molar-refractivity contribution is 5.77. The summed E-state index contributed by atoms with van der Waals surface area (Å²) in [7, 11) is 0. The lowest BCUT2D eigenvalue weighted by atomic mass is 10.1. The fraction of sp³-hybridized carbons (Fsp3) is 0.182. The molecule has 4 nitrogen and oxygen atoms in total. The number of aromatic nitrogens is 2. The van der Waals surface area contributed by atoms with Crippen molar-refractivity contribution in [2.75, 3.05) is 6.61 Å². The molecule has 2 rings (SSSR count). The van der Waals surface area contributed by atoms with Crippen LogP contribution in [-0.2, 0) is 16.0 Å². The summed E-state index contributed by atoms with van der Waals surface area (Å²) in [5.74, 6) is 0. The summed E-state index contributed by atoms with van der Waals surface area (Å²) < 4.78 is 4.66. The van der Waals surface area contributed by atoms with E-state index in [1.54, 1.807) is 12.4 Å². The molecular weight excluding hydrogens is 192 g/mol. The Morgan fingerprint density at radius 1 is 1.27 bits per heavy atom. The number of para-hydroxylation sites is 1. The number of hydrogen-bond donors (Lipinski definition) is 0. The Bertz CT molecular complexity index is 466. The fourth-order valence-corrected chi connectivity index (χ4v) is 1.47. The third-order valence-electron chi connectivity index (χ3n) is 2.14. The van der Waals surface area contributed by atoms with Crippen molar-refractivity contribution in [2.45, 2.75) is 6.42 Å². The van der Waals surface area contributed by atoms with E-state index in [-0.39, 0.29) is 0 Å². The van der Waals surface area contributed by atoms with E-state index >= 15 is 0 Å². The van der Waals surface area contributed by atoms with Crippen LogP contribution in [0.2, 0.25) is 0 Å². The number of ether oxygens (including phenoxy) is 1. The maximum absolute atomic E-state index is 10.0. The molecule has 0 fully saturated rings. The molecule has 76 valence electrons. The average Bonchev–Trinajstić information content (AvgIpc) is 2.30. The van der Waals surface area contributed by atoms with Gasteiger partial charge in [0, 0.05) is 18.8 Å². The second-order valence-electron chi connectivity index (χ2n) is 3.06. The van der Waals surface area contributed by atoms with Crippen LogP contribution in [0.1, 0.15) is 5.56 Å². The molecule has 0 atom stereocenters. The average molecular weight is 202 g/mol. The first-order chi connectivity index (χ1) is 7.42. The van der Waals surface area contributed by atoms with Gasteiger partial charge in [0.1, 0.15) is 0 Å². The Balaban J connectivity index is 2.30. The predicted octanol–water partition coefficient (Wildman–Crippen LogP) is 1.35. The molecule has 0 amide bonds. The highest BCUT2D eigenvalue weighted by Crippen LogP contribution is 2.13. The zero-order valence-electron chi connectivity index (χ0n) is 8.09. The number of benzene rings is 1. The summed E-state index contributed by atoms with van der Waals surface area (Å²) in [5.41, 5.74) is 2.78. The molecular formula is C11H10N2O2. The quantitative estimate of drug-likeness (QED) is 0.554. The molecule has 0 bridgehead atoms. The van der Waals surface area contributed by atoms with Crippen molar-refractivity contribution in [2.24, 2.45) is 0 Å². The smallest absolute Gasteiger partial charge is 0.293 e. The SMILES string of the molecule is O=COCCc1cccc2nccnc12. The molecule has 0 saturated carbocycles. The number of carbonyl (C=O) groups is 1. The van der Waals surface area contributed by atoms with Crippen LogP contribution in [-0.4, -0.2) is 23.0 Å². The van der Waals surface area contributed by atoms with Gasteiger partial charge in [-0.05, 0) is 11.6 Å². The van der Waals surface area contributed by atoms with Gasteiger partial charge in [-0.1, -0.05) is 12.1 Å². The van der Waals surface area contributed by atoms with Gasteiger partial charge in [0.2, 0.25) is 0 Å². The molecule has 0 N–H and O–H groups in total. The van der Waals surface area contributed by atoms with Crippen molar-refractivity contribution in [1.82, 2.24) is 9.97 Å². The van der Waals surface area contributed by atoms with E-state index < -0.39 is 0 Å². The summed E-state index contributed by atoms with van der Waals surface area (Å²) in [6, 6.07) is 5.80. The van der Waals surface area contributed by atoms with Crippen LogP contribution in [0.5, 0.6) is 0 Å². The lowest BCUT2D eigenvalue weighted by molar-refractivity contribution is -0.128. The molecule has 0 saturated heterocycles. The first kappa shape index (κ1) is 9.58. The second-order valence-corrected chi connectivity index (χ2v) is 3.06. The van der Waals surface area contributed by atoms with Crippen molar-refractivity contribution in [3.63, 3.8) is 0 Å². The van der Waals surface area contributed by atoms with E-state index in [0.29, 0.717) is 19.5 Å². The molecule has 0 aliphatic heterocycles. The molecule has 0 radical (unpaired) electrons. The summed E-state index contributed by atoms with van der Waals surface area (Å²) in [6.07, 6.45) is 3.98. The third kappa shape index (κ3) is 2.10. The maximum Gasteiger partial charge on any atom is 0.293 e. The largest absolute Gasteiger partial charge is 0.468 e. The van der Waals surface area contributed by atoms with Crippen molar-refractivity contribution >= 4 is 17.5 Å². The normalized spacial score (nSPS) is 10.1. The topological polar surface area (TPSA) is 52.1 Å². The minimum atomic E-state index is 0.374. The van der Waals surface area contributed by atoms with Gasteiger partial charge >= 0.3 is 0 Å². The number of nitrogens with zero attached hydrogens (tertiary/aromatic N) is 2. The third-order valence-corrected chi connectivity index (χ3v) is 2.14. The van der Waals surface area contributed by atoms with Gasteiger partial charge < -0.3 is 4.74 Å².